The third kappa shape index (κ3) is 2.48. The van der Waals surface area contributed by atoms with Gasteiger partial charge in [-0.3, -0.25) is 0 Å². The number of hydrogen-bond acceptors (Lipinski definition) is 2. The number of carbonyl (C=O) groups is 1. The molecule has 0 saturated carbocycles. The molecule has 17 heavy (non-hydrogen) atoms. The second-order valence-corrected chi connectivity index (χ2v) is 2.85. The van der Waals surface area contributed by atoms with Crippen molar-refractivity contribution in [2.45, 2.75) is 12.6 Å². The molecule has 9 heteroatoms. The van der Waals surface area contributed by atoms with E-state index in [1.54, 1.807) is 0 Å². The largest absolute Gasteiger partial charge is 0.478 e. The summed E-state index contributed by atoms with van der Waals surface area (Å²) in [6.07, 6.45) is -9.11. The quantitative estimate of drug-likeness (QED) is 0.656. The van der Waals surface area contributed by atoms with Crippen LogP contribution in [0.2, 0.25) is 0 Å². The van der Waals surface area contributed by atoms with Gasteiger partial charge in [-0.05, 0) is 0 Å². The van der Waals surface area contributed by atoms with Crippen LogP contribution in [0, 0.1) is 5.95 Å². The average molecular weight is 259 g/mol. The van der Waals surface area contributed by atoms with Gasteiger partial charge in [0.2, 0.25) is 5.95 Å². The van der Waals surface area contributed by atoms with Crippen LogP contribution in [0.4, 0.5) is 26.3 Å². The molecule has 0 aromatic carbocycles. The van der Waals surface area contributed by atoms with E-state index in [1.165, 1.54) is 0 Å². The molecule has 1 heterocycles. The summed E-state index contributed by atoms with van der Waals surface area (Å²) in [6, 6.07) is 0. The first-order valence-electron chi connectivity index (χ1n) is 3.93. The van der Waals surface area contributed by atoms with Crippen LogP contribution in [0.1, 0.15) is 27.9 Å². The van der Waals surface area contributed by atoms with Crippen LogP contribution < -0.4 is 0 Å². The Bertz CT molecular complexity index is 456. The van der Waals surface area contributed by atoms with Crippen LogP contribution in [-0.2, 0) is 6.18 Å². The van der Waals surface area contributed by atoms with Gasteiger partial charge in [-0.25, -0.2) is 18.6 Å². The van der Waals surface area contributed by atoms with Gasteiger partial charge in [0, 0.05) is 6.20 Å². The molecule has 94 valence electrons. The fraction of sp³-hybridized carbons (Fsp3) is 0.250. The molecule has 0 radical (unpaired) electrons. The number of pyridine rings is 1. The Kier molecular flexibility index (Phi) is 3.30. The van der Waals surface area contributed by atoms with Gasteiger partial charge in [-0.2, -0.15) is 17.6 Å². The molecule has 1 aromatic rings. The lowest BCUT2D eigenvalue weighted by molar-refractivity contribution is -0.142. The lowest BCUT2D eigenvalue weighted by Gasteiger charge is -2.14. The minimum absolute atomic E-state index is 0.119. The predicted octanol–water partition coefficient (Wildman–Crippen LogP) is 2.88. The molecule has 0 saturated heterocycles. The van der Waals surface area contributed by atoms with Gasteiger partial charge in [0.25, 0.3) is 6.43 Å². The molecule has 0 aliphatic rings. The molecule has 0 unspecified atom stereocenters. The fourth-order valence-corrected chi connectivity index (χ4v) is 1.17. The zero-order valence-electron chi connectivity index (χ0n) is 7.73. The minimum Gasteiger partial charge on any atom is -0.478 e. The van der Waals surface area contributed by atoms with E-state index in [0.717, 1.165) is 0 Å². The third-order valence-corrected chi connectivity index (χ3v) is 1.80. The topological polar surface area (TPSA) is 50.2 Å². The smallest absolute Gasteiger partial charge is 0.421 e. The number of rotatable bonds is 2. The summed E-state index contributed by atoms with van der Waals surface area (Å²) in [7, 11) is 0. The van der Waals surface area contributed by atoms with E-state index < -0.39 is 41.2 Å². The molecule has 0 aliphatic heterocycles. The number of aromatic nitrogens is 1. The number of nitrogens with zero attached hydrogens (tertiary/aromatic N) is 1. The van der Waals surface area contributed by atoms with Crippen molar-refractivity contribution in [3.05, 3.63) is 28.8 Å². The molecular formula is C8H3F6NO2. The lowest BCUT2D eigenvalue weighted by Crippen LogP contribution is -2.18. The number of hydrogen-bond donors (Lipinski definition) is 1. The summed E-state index contributed by atoms with van der Waals surface area (Å²) >= 11 is 0. The molecule has 0 fully saturated rings. The molecule has 1 rings (SSSR count). The molecule has 1 aromatic heterocycles. The Labute approximate surface area is 89.7 Å². The number of carboxylic acid groups (broad SMARTS) is 1. The summed E-state index contributed by atoms with van der Waals surface area (Å²) in [6.45, 7) is 0. The summed E-state index contributed by atoms with van der Waals surface area (Å²) in [5.74, 6) is -4.23. The second kappa shape index (κ2) is 4.22. The second-order valence-electron chi connectivity index (χ2n) is 2.85. The molecule has 0 bridgehead atoms. The third-order valence-electron chi connectivity index (χ3n) is 1.80. The number of aromatic carboxylic acids is 1. The van der Waals surface area contributed by atoms with Crippen molar-refractivity contribution in [1.29, 1.82) is 0 Å². The van der Waals surface area contributed by atoms with E-state index in [4.69, 9.17) is 5.11 Å². The highest BCUT2D eigenvalue weighted by molar-refractivity contribution is 5.89. The molecule has 0 atom stereocenters. The van der Waals surface area contributed by atoms with Gasteiger partial charge in [0.1, 0.15) is 5.56 Å². The van der Waals surface area contributed by atoms with E-state index in [0.29, 0.717) is 0 Å². The van der Waals surface area contributed by atoms with Gasteiger partial charge >= 0.3 is 12.1 Å². The first-order valence-corrected chi connectivity index (χ1v) is 3.93. The van der Waals surface area contributed by atoms with Crippen LogP contribution in [0.5, 0.6) is 0 Å². The van der Waals surface area contributed by atoms with Crippen molar-refractivity contribution < 1.29 is 36.2 Å². The van der Waals surface area contributed by atoms with E-state index in [9.17, 15) is 31.1 Å². The van der Waals surface area contributed by atoms with Crippen molar-refractivity contribution in [2.75, 3.05) is 0 Å². The molecule has 1 N–H and O–H groups in total. The Balaban J connectivity index is 3.67. The number of alkyl halides is 5. The maximum absolute atomic E-state index is 12.8. The molecule has 3 nitrogen and oxygen atoms in total. The van der Waals surface area contributed by atoms with Crippen LogP contribution in [0.15, 0.2) is 6.20 Å². The molecular weight excluding hydrogens is 256 g/mol. The predicted molar refractivity (Wildman–Crippen MR) is 41.1 cm³/mol. The first-order chi connectivity index (χ1) is 7.66. The van der Waals surface area contributed by atoms with E-state index in [2.05, 4.69) is 4.98 Å². The van der Waals surface area contributed by atoms with Crippen molar-refractivity contribution in [1.82, 2.24) is 4.98 Å². The van der Waals surface area contributed by atoms with Crippen molar-refractivity contribution >= 4 is 5.97 Å². The van der Waals surface area contributed by atoms with E-state index in [1.807, 2.05) is 0 Å². The maximum atomic E-state index is 12.8. The molecule has 0 spiro atoms. The van der Waals surface area contributed by atoms with Gasteiger partial charge in [-0.15, -0.1) is 0 Å². The Hall–Kier alpha value is -1.80. The summed E-state index contributed by atoms with van der Waals surface area (Å²) in [4.78, 5) is 13.0. The van der Waals surface area contributed by atoms with E-state index >= 15 is 0 Å². The van der Waals surface area contributed by atoms with Crippen LogP contribution in [-0.4, -0.2) is 16.1 Å². The van der Waals surface area contributed by atoms with Crippen LogP contribution in [0.3, 0.4) is 0 Å². The normalized spacial score (nSPS) is 11.9. The maximum Gasteiger partial charge on any atom is 0.421 e. The lowest BCUT2D eigenvalue weighted by atomic mass is 10.0. The van der Waals surface area contributed by atoms with Crippen LogP contribution in [0.25, 0.3) is 0 Å². The van der Waals surface area contributed by atoms with Crippen LogP contribution >= 0.6 is 0 Å². The highest BCUT2D eigenvalue weighted by atomic mass is 19.4. The number of carboxylic acids is 1. The Morgan fingerprint density at radius 1 is 1.35 bits per heavy atom. The Morgan fingerprint density at radius 2 is 1.88 bits per heavy atom. The van der Waals surface area contributed by atoms with Crippen molar-refractivity contribution in [3.63, 3.8) is 0 Å². The number of halogens is 6. The van der Waals surface area contributed by atoms with Crippen molar-refractivity contribution in [2.24, 2.45) is 0 Å². The average Bonchev–Trinajstić information content (AvgIpc) is 2.14. The van der Waals surface area contributed by atoms with E-state index in [-0.39, 0.29) is 6.20 Å². The molecule has 0 aliphatic carbocycles. The SMILES string of the molecule is O=C(O)c1cnc(F)c(C(F)(F)F)c1C(F)F. The van der Waals surface area contributed by atoms with Gasteiger partial charge in [-0.1, -0.05) is 0 Å². The standard InChI is InChI=1S/C8H3F6NO2/c9-5(10)3-2(7(16)17)1-15-6(11)4(3)8(12,13)14/h1,5H,(H,16,17). The summed E-state index contributed by atoms with van der Waals surface area (Å²) in [5, 5.41) is 8.43. The minimum atomic E-state index is -5.45. The molecule has 0 amide bonds. The summed E-state index contributed by atoms with van der Waals surface area (Å²) < 4.78 is 74.5. The highest BCUT2D eigenvalue weighted by Gasteiger charge is 2.42. The zero-order valence-corrected chi connectivity index (χ0v) is 7.73. The first kappa shape index (κ1) is 13.3. The van der Waals surface area contributed by atoms with Gasteiger partial charge in [0.15, 0.2) is 0 Å². The zero-order chi connectivity index (χ0) is 13.4. The highest BCUT2D eigenvalue weighted by Crippen LogP contribution is 2.38. The van der Waals surface area contributed by atoms with Gasteiger partial charge < -0.3 is 5.11 Å². The van der Waals surface area contributed by atoms with Gasteiger partial charge in [0.05, 0.1) is 11.1 Å². The summed E-state index contributed by atoms with van der Waals surface area (Å²) in [5.41, 5.74) is -5.65. The monoisotopic (exact) mass is 259 g/mol. The van der Waals surface area contributed by atoms with Crippen molar-refractivity contribution in [3.8, 4) is 0 Å². The Morgan fingerprint density at radius 3 is 2.24 bits per heavy atom. The fourth-order valence-electron chi connectivity index (χ4n) is 1.17.